The SMILES string of the molecule is CCc1cc(CNCC(C)C)cc(N(C)C(C)COC)n1. The third-order valence-corrected chi connectivity index (χ3v) is 3.60. The molecule has 0 saturated heterocycles. The van der Waals surface area contributed by atoms with E-state index in [0.29, 0.717) is 18.6 Å². The van der Waals surface area contributed by atoms with E-state index in [1.807, 2.05) is 0 Å². The number of nitrogens with one attached hydrogen (secondary N) is 1. The van der Waals surface area contributed by atoms with Gasteiger partial charge in [0.15, 0.2) is 0 Å². The van der Waals surface area contributed by atoms with E-state index in [9.17, 15) is 0 Å². The maximum absolute atomic E-state index is 5.24. The number of ether oxygens (including phenoxy) is 1. The number of hydrogen-bond donors (Lipinski definition) is 1. The largest absolute Gasteiger partial charge is 0.383 e. The second-order valence-electron chi connectivity index (χ2n) is 6.12. The lowest BCUT2D eigenvalue weighted by Gasteiger charge is -2.26. The molecule has 1 rings (SSSR count). The third kappa shape index (κ3) is 6.02. The highest BCUT2D eigenvalue weighted by molar-refractivity contribution is 5.43. The minimum atomic E-state index is 0.311. The fourth-order valence-electron chi connectivity index (χ4n) is 2.18. The van der Waals surface area contributed by atoms with Crippen LogP contribution in [0.25, 0.3) is 0 Å². The molecule has 4 nitrogen and oxygen atoms in total. The number of hydrogen-bond acceptors (Lipinski definition) is 4. The van der Waals surface area contributed by atoms with Crippen molar-refractivity contribution in [1.29, 1.82) is 0 Å². The first-order valence-electron chi connectivity index (χ1n) is 7.90. The summed E-state index contributed by atoms with van der Waals surface area (Å²) in [5, 5.41) is 3.50. The quantitative estimate of drug-likeness (QED) is 0.760. The molecule has 0 saturated carbocycles. The van der Waals surface area contributed by atoms with Crippen LogP contribution in [0.4, 0.5) is 5.82 Å². The fourth-order valence-corrected chi connectivity index (χ4v) is 2.18. The fraction of sp³-hybridized carbons (Fsp3) is 0.706. The average molecular weight is 293 g/mol. The summed E-state index contributed by atoms with van der Waals surface area (Å²) in [5.74, 6) is 1.70. The van der Waals surface area contributed by atoms with Crippen LogP contribution in [-0.4, -0.2) is 38.3 Å². The lowest BCUT2D eigenvalue weighted by Crippen LogP contribution is -2.33. The maximum Gasteiger partial charge on any atom is 0.129 e. The van der Waals surface area contributed by atoms with Gasteiger partial charge in [0, 0.05) is 26.4 Å². The van der Waals surface area contributed by atoms with E-state index in [1.165, 1.54) is 5.56 Å². The summed E-state index contributed by atoms with van der Waals surface area (Å²) in [6.45, 7) is 11.4. The van der Waals surface area contributed by atoms with Crippen molar-refractivity contribution in [3.63, 3.8) is 0 Å². The van der Waals surface area contributed by atoms with Crippen LogP contribution < -0.4 is 10.2 Å². The standard InChI is InChI=1S/C17H31N3O/c1-7-16-8-15(11-18-10-13(2)3)9-17(19-16)20(5)14(4)12-21-6/h8-9,13-14,18H,7,10-12H2,1-6H3. The minimum absolute atomic E-state index is 0.311. The van der Waals surface area contributed by atoms with Gasteiger partial charge in [-0.2, -0.15) is 0 Å². The Morgan fingerprint density at radius 1 is 1.29 bits per heavy atom. The van der Waals surface area contributed by atoms with Crippen LogP contribution in [0.15, 0.2) is 12.1 Å². The molecule has 1 unspecified atom stereocenters. The Bertz CT molecular complexity index is 420. The van der Waals surface area contributed by atoms with Gasteiger partial charge in [0.05, 0.1) is 12.6 Å². The van der Waals surface area contributed by atoms with Crippen LogP contribution in [0.5, 0.6) is 0 Å². The van der Waals surface area contributed by atoms with Crippen molar-refractivity contribution in [1.82, 2.24) is 10.3 Å². The van der Waals surface area contributed by atoms with Gasteiger partial charge in [0.2, 0.25) is 0 Å². The van der Waals surface area contributed by atoms with Crippen LogP contribution in [0, 0.1) is 5.92 Å². The third-order valence-electron chi connectivity index (χ3n) is 3.60. The van der Waals surface area contributed by atoms with E-state index in [-0.39, 0.29) is 0 Å². The Morgan fingerprint density at radius 2 is 2.00 bits per heavy atom. The van der Waals surface area contributed by atoms with Crippen molar-refractivity contribution >= 4 is 5.82 Å². The van der Waals surface area contributed by atoms with Gasteiger partial charge in [-0.05, 0) is 43.5 Å². The first kappa shape index (κ1) is 17.9. The number of anilines is 1. The first-order valence-corrected chi connectivity index (χ1v) is 7.90. The van der Waals surface area contributed by atoms with Crippen molar-refractivity contribution in [2.24, 2.45) is 5.92 Å². The van der Waals surface area contributed by atoms with Crippen molar-refractivity contribution in [2.45, 2.75) is 46.7 Å². The van der Waals surface area contributed by atoms with Crippen LogP contribution in [0.1, 0.15) is 39.0 Å². The van der Waals surface area contributed by atoms with Crippen molar-refractivity contribution in [3.8, 4) is 0 Å². The van der Waals surface area contributed by atoms with Gasteiger partial charge in [-0.15, -0.1) is 0 Å². The normalized spacial score (nSPS) is 12.7. The van der Waals surface area contributed by atoms with Crippen LogP contribution in [0.3, 0.4) is 0 Å². The van der Waals surface area contributed by atoms with Crippen molar-refractivity contribution in [2.75, 3.05) is 32.2 Å². The summed E-state index contributed by atoms with van der Waals surface area (Å²) in [6.07, 6.45) is 0.956. The molecule has 120 valence electrons. The topological polar surface area (TPSA) is 37.4 Å². The first-order chi connectivity index (χ1) is 9.97. The van der Waals surface area contributed by atoms with Crippen molar-refractivity contribution < 1.29 is 4.74 Å². The Kier molecular flexibility index (Phi) is 7.68. The van der Waals surface area contributed by atoms with Crippen LogP contribution in [-0.2, 0) is 17.7 Å². The molecule has 0 aliphatic rings. The van der Waals surface area contributed by atoms with E-state index in [4.69, 9.17) is 9.72 Å². The van der Waals surface area contributed by atoms with Gasteiger partial charge >= 0.3 is 0 Å². The summed E-state index contributed by atoms with van der Waals surface area (Å²) in [7, 11) is 3.82. The van der Waals surface area contributed by atoms with Gasteiger partial charge < -0.3 is 15.0 Å². The molecule has 1 aromatic rings. The number of nitrogens with zero attached hydrogens (tertiary/aromatic N) is 2. The molecule has 21 heavy (non-hydrogen) atoms. The van der Waals surface area contributed by atoms with E-state index < -0.39 is 0 Å². The molecule has 4 heteroatoms. The summed E-state index contributed by atoms with van der Waals surface area (Å²) in [5.41, 5.74) is 2.44. The summed E-state index contributed by atoms with van der Waals surface area (Å²) in [4.78, 5) is 6.93. The smallest absolute Gasteiger partial charge is 0.129 e. The monoisotopic (exact) mass is 293 g/mol. The molecule has 0 aliphatic carbocycles. The highest BCUT2D eigenvalue weighted by Crippen LogP contribution is 2.17. The zero-order valence-electron chi connectivity index (χ0n) is 14.4. The number of rotatable bonds is 9. The average Bonchev–Trinajstić information content (AvgIpc) is 2.46. The molecular formula is C17H31N3O. The summed E-state index contributed by atoms with van der Waals surface area (Å²) >= 11 is 0. The zero-order valence-corrected chi connectivity index (χ0v) is 14.4. The van der Waals surface area contributed by atoms with Gasteiger partial charge in [-0.1, -0.05) is 20.8 Å². The molecule has 0 spiro atoms. The van der Waals surface area contributed by atoms with Crippen LogP contribution in [0.2, 0.25) is 0 Å². The highest BCUT2D eigenvalue weighted by Gasteiger charge is 2.12. The molecule has 0 bridgehead atoms. The number of aryl methyl sites for hydroxylation is 1. The van der Waals surface area contributed by atoms with E-state index >= 15 is 0 Å². The molecule has 0 aromatic carbocycles. The molecule has 1 heterocycles. The molecule has 0 aliphatic heterocycles. The van der Waals surface area contributed by atoms with E-state index in [2.05, 4.69) is 57.1 Å². The Labute approximate surface area is 129 Å². The minimum Gasteiger partial charge on any atom is -0.383 e. The zero-order chi connectivity index (χ0) is 15.8. The molecule has 1 atom stereocenters. The molecule has 0 radical (unpaired) electrons. The maximum atomic E-state index is 5.24. The second kappa shape index (κ2) is 9.00. The molecule has 0 fully saturated rings. The van der Waals surface area contributed by atoms with Crippen LogP contribution >= 0.6 is 0 Å². The number of methoxy groups -OCH3 is 1. The number of pyridine rings is 1. The Balaban J connectivity index is 2.83. The predicted molar refractivity (Wildman–Crippen MR) is 89.9 cm³/mol. The second-order valence-corrected chi connectivity index (χ2v) is 6.12. The predicted octanol–water partition coefficient (Wildman–Crippen LogP) is 2.86. The molecule has 0 amide bonds. The van der Waals surface area contributed by atoms with E-state index in [1.54, 1.807) is 7.11 Å². The molecular weight excluding hydrogens is 262 g/mol. The Hall–Kier alpha value is -1.13. The van der Waals surface area contributed by atoms with Gasteiger partial charge in [-0.25, -0.2) is 4.98 Å². The summed E-state index contributed by atoms with van der Waals surface area (Å²) in [6, 6.07) is 4.69. The van der Waals surface area contributed by atoms with E-state index in [0.717, 1.165) is 31.0 Å². The Morgan fingerprint density at radius 3 is 2.57 bits per heavy atom. The number of likely N-dealkylation sites (N-methyl/N-ethyl adjacent to an activating group) is 1. The summed E-state index contributed by atoms with van der Waals surface area (Å²) < 4.78 is 5.24. The molecule has 1 aromatic heterocycles. The van der Waals surface area contributed by atoms with Gasteiger partial charge in [0.25, 0.3) is 0 Å². The van der Waals surface area contributed by atoms with Gasteiger partial charge in [-0.3, -0.25) is 0 Å². The van der Waals surface area contributed by atoms with Gasteiger partial charge in [0.1, 0.15) is 5.82 Å². The lowest BCUT2D eigenvalue weighted by molar-refractivity contribution is 0.183. The highest BCUT2D eigenvalue weighted by atomic mass is 16.5. The number of aromatic nitrogens is 1. The molecule has 1 N–H and O–H groups in total. The lowest BCUT2D eigenvalue weighted by atomic mass is 10.1. The van der Waals surface area contributed by atoms with Crippen molar-refractivity contribution in [3.05, 3.63) is 23.4 Å².